The maximum absolute atomic E-state index is 11.1. The number of nitrogens with zero attached hydrogens (tertiary/aromatic N) is 1. The maximum atomic E-state index is 11.1. The number of hydrogen-bond acceptors (Lipinski definition) is 3. The van der Waals surface area contributed by atoms with E-state index in [9.17, 15) is 4.79 Å². The summed E-state index contributed by atoms with van der Waals surface area (Å²) in [5.41, 5.74) is 2.14. The molecule has 0 aliphatic heterocycles. The first kappa shape index (κ1) is 13.0. The van der Waals surface area contributed by atoms with Crippen molar-refractivity contribution in [3.63, 3.8) is 0 Å². The molecule has 2 saturated carbocycles. The van der Waals surface area contributed by atoms with Crippen LogP contribution in [0.4, 0.5) is 0 Å². The summed E-state index contributed by atoms with van der Waals surface area (Å²) in [6.07, 6.45) is 5.44. The summed E-state index contributed by atoms with van der Waals surface area (Å²) >= 11 is 1.74. The van der Waals surface area contributed by atoms with E-state index in [0.29, 0.717) is 11.5 Å². The molecule has 4 rings (SSSR count). The van der Waals surface area contributed by atoms with Gasteiger partial charge in [0.1, 0.15) is 0 Å². The SMILES string of the molecule is O=C(O)c1cccc(-c2csc(C3CC4CCC3C4)n2)c1. The number of aromatic carboxylic acids is 1. The van der Waals surface area contributed by atoms with Crippen LogP contribution in [0.1, 0.15) is 47.0 Å². The standard InChI is InChI=1S/C17H17NO2S/c19-17(20)13-3-1-2-12(8-13)15-9-21-16(18-15)14-7-10-4-5-11(14)6-10/h1-3,8-11,14H,4-7H2,(H,19,20). The molecule has 2 bridgehead atoms. The number of carbonyl (C=O) groups is 1. The molecule has 0 saturated heterocycles. The van der Waals surface area contributed by atoms with E-state index in [1.807, 2.05) is 6.07 Å². The fraction of sp³-hybridized carbons (Fsp3) is 0.412. The first-order valence-electron chi connectivity index (χ1n) is 7.50. The molecule has 4 heteroatoms. The van der Waals surface area contributed by atoms with Crippen molar-refractivity contribution in [2.45, 2.75) is 31.6 Å². The number of carboxylic acids is 1. The minimum Gasteiger partial charge on any atom is -0.478 e. The van der Waals surface area contributed by atoms with Gasteiger partial charge in [-0.25, -0.2) is 9.78 Å². The molecule has 1 aromatic heterocycles. The van der Waals surface area contributed by atoms with Crippen LogP contribution in [0.15, 0.2) is 29.6 Å². The average Bonchev–Trinajstić information content (AvgIpc) is 3.23. The molecule has 0 amide bonds. The van der Waals surface area contributed by atoms with E-state index >= 15 is 0 Å². The van der Waals surface area contributed by atoms with Crippen molar-refractivity contribution in [3.05, 3.63) is 40.2 Å². The van der Waals surface area contributed by atoms with Crippen molar-refractivity contribution < 1.29 is 9.90 Å². The minimum atomic E-state index is -0.889. The van der Waals surface area contributed by atoms with Crippen LogP contribution in [0.2, 0.25) is 0 Å². The van der Waals surface area contributed by atoms with Gasteiger partial charge in [-0.15, -0.1) is 11.3 Å². The summed E-state index contributed by atoms with van der Waals surface area (Å²) in [6, 6.07) is 7.05. The van der Waals surface area contributed by atoms with Gasteiger partial charge in [-0.2, -0.15) is 0 Å². The lowest BCUT2D eigenvalue weighted by atomic mass is 9.89. The Kier molecular flexibility index (Phi) is 3.07. The molecule has 2 aliphatic rings. The second-order valence-corrected chi connectivity index (χ2v) is 7.13. The molecule has 3 unspecified atom stereocenters. The van der Waals surface area contributed by atoms with E-state index in [4.69, 9.17) is 10.1 Å². The molecule has 2 fully saturated rings. The Balaban J connectivity index is 1.62. The Morgan fingerprint density at radius 3 is 2.90 bits per heavy atom. The Hall–Kier alpha value is -1.68. The van der Waals surface area contributed by atoms with E-state index in [0.717, 1.165) is 23.1 Å². The van der Waals surface area contributed by atoms with Crippen LogP contribution < -0.4 is 0 Å². The highest BCUT2D eigenvalue weighted by Gasteiger charge is 2.41. The molecule has 0 radical (unpaired) electrons. The number of carboxylic acid groups (broad SMARTS) is 1. The smallest absolute Gasteiger partial charge is 0.335 e. The molecule has 1 heterocycles. The Morgan fingerprint density at radius 2 is 2.19 bits per heavy atom. The van der Waals surface area contributed by atoms with E-state index in [2.05, 4.69) is 5.38 Å². The van der Waals surface area contributed by atoms with Crippen LogP contribution in [0.5, 0.6) is 0 Å². The molecule has 1 aromatic carbocycles. The predicted molar refractivity (Wildman–Crippen MR) is 82.7 cm³/mol. The van der Waals surface area contributed by atoms with Crippen LogP contribution in [0.25, 0.3) is 11.3 Å². The van der Waals surface area contributed by atoms with Crippen molar-refractivity contribution in [1.29, 1.82) is 0 Å². The first-order valence-corrected chi connectivity index (χ1v) is 8.38. The third-order valence-electron chi connectivity index (χ3n) is 4.98. The van der Waals surface area contributed by atoms with Gasteiger partial charge in [-0.3, -0.25) is 0 Å². The molecular formula is C17H17NO2S. The van der Waals surface area contributed by atoms with Crippen LogP contribution >= 0.6 is 11.3 Å². The van der Waals surface area contributed by atoms with Gasteiger partial charge in [0.15, 0.2) is 0 Å². The molecule has 1 N–H and O–H groups in total. The Morgan fingerprint density at radius 1 is 1.29 bits per heavy atom. The lowest BCUT2D eigenvalue weighted by Gasteiger charge is -2.18. The zero-order valence-electron chi connectivity index (χ0n) is 11.7. The zero-order valence-corrected chi connectivity index (χ0v) is 12.5. The van der Waals surface area contributed by atoms with Crippen LogP contribution in [-0.4, -0.2) is 16.1 Å². The van der Waals surface area contributed by atoms with E-state index in [-0.39, 0.29) is 0 Å². The van der Waals surface area contributed by atoms with Gasteiger partial charge in [0.25, 0.3) is 0 Å². The van der Waals surface area contributed by atoms with Crippen molar-refractivity contribution in [2.75, 3.05) is 0 Å². The summed E-state index contributed by atoms with van der Waals surface area (Å²) in [5, 5.41) is 12.4. The average molecular weight is 299 g/mol. The second kappa shape index (κ2) is 4.95. The highest BCUT2D eigenvalue weighted by atomic mass is 32.1. The molecule has 2 aromatic rings. The van der Waals surface area contributed by atoms with Crippen molar-refractivity contribution >= 4 is 17.3 Å². The molecule has 21 heavy (non-hydrogen) atoms. The topological polar surface area (TPSA) is 50.2 Å². The third kappa shape index (κ3) is 2.27. The molecule has 2 aliphatic carbocycles. The van der Waals surface area contributed by atoms with Gasteiger partial charge in [0, 0.05) is 16.9 Å². The first-order chi connectivity index (χ1) is 10.2. The van der Waals surface area contributed by atoms with Gasteiger partial charge < -0.3 is 5.11 Å². The summed E-state index contributed by atoms with van der Waals surface area (Å²) in [4.78, 5) is 15.9. The largest absolute Gasteiger partial charge is 0.478 e. The van der Waals surface area contributed by atoms with Crippen LogP contribution in [0.3, 0.4) is 0 Å². The second-order valence-electron chi connectivity index (χ2n) is 6.24. The normalized spacial score (nSPS) is 27.1. The summed E-state index contributed by atoms with van der Waals surface area (Å²) in [6.45, 7) is 0. The quantitative estimate of drug-likeness (QED) is 0.913. The summed E-state index contributed by atoms with van der Waals surface area (Å²) in [5.74, 6) is 1.51. The number of rotatable bonds is 3. The number of thiazole rings is 1. The van der Waals surface area contributed by atoms with E-state index in [1.54, 1.807) is 29.5 Å². The fourth-order valence-corrected chi connectivity index (χ4v) is 4.98. The molecule has 108 valence electrons. The number of hydrogen-bond donors (Lipinski definition) is 1. The highest BCUT2D eigenvalue weighted by molar-refractivity contribution is 7.10. The van der Waals surface area contributed by atoms with Gasteiger partial charge in [0.05, 0.1) is 16.3 Å². The maximum Gasteiger partial charge on any atom is 0.335 e. The van der Waals surface area contributed by atoms with E-state index < -0.39 is 5.97 Å². The summed E-state index contributed by atoms with van der Waals surface area (Å²) < 4.78 is 0. The fourth-order valence-electron chi connectivity index (χ4n) is 3.95. The Bertz CT molecular complexity index is 694. The van der Waals surface area contributed by atoms with Crippen LogP contribution in [0, 0.1) is 11.8 Å². The summed E-state index contributed by atoms with van der Waals surface area (Å²) in [7, 11) is 0. The molecule has 3 atom stereocenters. The third-order valence-corrected chi connectivity index (χ3v) is 5.96. The number of fused-ring (bicyclic) bond motifs is 2. The Labute approximate surface area is 127 Å². The van der Waals surface area contributed by atoms with Crippen molar-refractivity contribution in [3.8, 4) is 11.3 Å². The van der Waals surface area contributed by atoms with Gasteiger partial charge in [0.2, 0.25) is 0 Å². The number of aromatic nitrogens is 1. The van der Waals surface area contributed by atoms with Gasteiger partial charge >= 0.3 is 5.97 Å². The zero-order chi connectivity index (χ0) is 14.4. The van der Waals surface area contributed by atoms with Gasteiger partial charge in [-0.05, 0) is 43.2 Å². The van der Waals surface area contributed by atoms with Crippen molar-refractivity contribution in [2.24, 2.45) is 11.8 Å². The predicted octanol–water partition coefficient (Wildman–Crippen LogP) is 4.41. The monoisotopic (exact) mass is 299 g/mol. The van der Waals surface area contributed by atoms with Gasteiger partial charge in [-0.1, -0.05) is 18.6 Å². The lowest BCUT2D eigenvalue weighted by Crippen LogP contribution is -2.07. The minimum absolute atomic E-state index is 0.321. The highest BCUT2D eigenvalue weighted by Crippen LogP contribution is 2.53. The number of benzene rings is 1. The molecule has 0 spiro atoms. The molecular weight excluding hydrogens is 282 g/mol. The van der Waals surface area contributed by atoms with E-state index in [1.165, 1.54) is 30.7 Å². The van der Waals surface area contributed by atoms with Crippen molar-refractivity contribution in [1.82, 2.24) is 4.98 Å². The lowest BCUT2D eigenvalue weighted by molar-refractivity contribution is 0.0697. The molecule has 3 nitrogen and oxygen atoms in total. The van der Waals surface area contributed by atoms with Crippen LogP contribution in [-0.2, 0) is 0 Å².